The number of carbonyl (C=O) groups is 1. The summed E-state index contributed by atoms with van der Waals surface area (Å²) in [6, 6.07) is 5.60. The molecule has 3 rings (SSSR count). The molecular formula is C19H20F3N3O3S. The molecule has 1 aromatic heterocycles. The number of aromatic nitrogens is 2. The van der Waals surface area contributed by atoms with Gasteiger partial charge in [0.05, 0.1) is 22.7 Å². The Morgan fingerprint density at radius 1 is 1.28 bits per heavy atom. The van der Waals surface area contributed by atoms with Crippen molar-refractivity contribution in [3.8, 4) is 5.69 Å². The molecule has 1 amide bonds. The van der Waals surface area contributed by atoms with Crippen molar-refractivity contribution in [1.82, 2.24) is 15.1 Å². The zero-order valence-corrected chi connectivity index (χ0v) is 16.6. The van der Waals surface area contributed by atoms with Crippen LogP contribution in [-0.4, -0.2) is 29.9 Å². The number of hydrogen-bond acceptors (Lipinski definition) is 4. The Hall–Kier alpha value is -2.62. The van der Waals surface area contributed by atoms with Crippen molar-refractivity contribution in [3.63, 3.8) is 0 Å². The monoisotopic (exact) mass is 427 g/mol. The van der Waals surface area contributed by atoms with Crippen LogP contribution in [0.3, 0.4) is 0 Å². The van der Waals surface area contributed by atoms with Gasteiger partial charge < -0.3 is 5.32 Å². The normalized spacial score (nSPS) is 18.2. The topological polar surface area (TPSA) is 81.1 Å². The molecule has 156 valence electrons. The molecule has 2 aromatic rings. The van der Waals surface area contributed by atoms with Crippen molar-refractivity contribution in [1.29, 1.82) is 0 Å². The maximum Gasteiger partial charge on any atom is 0.416 e. The van der Waals surface area contributed by atoms with E-state index in [4.69, 9.17) is 0 Å². The van der Waals surface area contributed by atoms with Gasteiger partial charge in [-0.05, 0) is 37.6 Å². The number of nitrogens with zero attached hydrogens (tertiary/aromatic N) is 2. The molecule has 0 bridgehead atoms. The number of rotatable bonds is 5. The minimum Gasteiger partial charge on any atom is -0.352 e. The lowest BCUT2D eigenvalue weighted by molar-refractivity contribution is -0.138. The van der Waals surface area contributed by atoms with Gasteiger partial charge in [-0.25, -0.2) is 13.1 Å². The highest BCUT2D eigenvalue weighted by atomic mass is 32.2. The van der Waals surface area contributed by atoms with Crippen molar-refractivity contribution >= 4 is 15.7 Å². The number of alkyl halides is 3. The largest absolute Gasteiger partial charge is 0.416 e. The Morgan fingerprint density at radius 2 is 2.00 bits per heavy atom. The first-order valence-corrected chi connectivity index (χ1v) is 10.6. The molecule has 1 unspecified atom stereocenters. The van der Waals surface area contributed by atoms with Gasteiger partial charge in [-0.2, -0.15) is 18.3 Å². The Morgan fingerprint density at radius 3 is 2.55 bits per heavy atom. The average molecular weight is 427 g/mol. The van der Waals surface area contributed by atoms with Crippen LogP contribution in [0.5, 0.6) is 0 Å². The van der Waals surface area contributed by atoms with E-state index in [1.54, 1.807) is 19.9 Å². The highest BCUT2D eigenvalue weighted by molar-refractivity contribution is 7.94. The summed E-state index contributed by atoms with van der Waals surface area (Å²) in [6.07, 6.45) is -3.27. The number of hydrogen-bond donors (Lipinski definition) is 1. The van der Waals surface area contributed by atoms with Crippen LogP contribution in [0, 0.1) is 19.8 Å². The van der Waals surface area contributed by atoms with Gasteiger partial charge in [0.2, 0.25) is 5.91 Å². The molecule has 0 radical (unpaired) electrons. The van der Waals surface area contributed by atoms with Crippen molar-refractivity contribution < 1.29 is 26.4 Å². The third-order valence-electron chi connectivity index (χ3n) is 4.58. The Balaban J connectivity index is 1.76. The molecule has 0 spiro atoms. The Bertz CT molecular complexity index is 1070. The van der Waals surface area contributed by atoms with Crippen LogP contribution in [0.1, 0.15) is 28.9 Å². The van der Waals surface area contributed by atoms with Gasteiger partial charge in [-0.15, -0.1) is 0 Å². The first kappa shape index (κ1) is 21.1. The first-order valence-electron chi connectivity index (χ1n) is 8.86. The van der Waals surface area contributed by atoms with Crippen LogP contribution >= 0.6 is 0 Å². The van der Waals surface area contributed by atoms with E-state index in [0.717, 1.165) is 11.5 Å². The fourth-order valence-electron chi connectivity index (χ4n) is 3.28. The van der Waals surface area contributed by atoms with Crippen molar-refractivity contribution in [2.45, 2.75) is 33.0 Å². The molecule has 0 saturated carbocycles. The van der Waals surface area contributed by atoms with E-state index in [2.05, 4.69) is 10.4 Å². The molecule has 6 nitrogen and oxygen atoms in total. The molecule has 1 N–H and O–H groups in total. The van der Waals surface area contributed by atoms with Gasteiger partial charge in [0, 0.05) is 30.0 Å². The smallest absolute Gasteiger partial charge is 0.352 e. The van der Waals surface area contributed by atoms with Crippen molar-refractivity contribution in [3.05, 3.63) is 58.3 Å². The maximum absolute atomic E-state index is 13.6. The predicted molar refractivity (Wildman–Crippen MR) is 101 cm³/mol. The number of amides is 1. The fraction of sp³-hybridized carbons (Fsp3) is 0.368. The summed E-state index contributed by atoms with van der Waals surface area (Å²) in [6.45, 7) is 3.19. The number of allylic oxidation sites excluding steroid dienone is 1. The van der Waals surface area contributed by atoms with Gasteiger partial charge >= 0.3 is 6.18 Å². The van der Waals surface area contributed by atoms with E-state index in [1.165, 1.54) is 22.9 Å². The molecule has 0 fully saturated rings. The predicted octanol–water partition coefficient (Wildman–Crippen LogP) is 3.07. The van der Waals surface area contributed by atoms with Crippen LogP contribution in [0.15, 0.2) is 35.7 Å². The van der Waals surface area contributed by atoms with E-state index in [1.807, 2.05) is 0 Å². The van der Waals surface area contributed by atoms with Crippen molar-refractivity contribution in [2.24, 2.45) is 5.92 Å². The number of benzene rings is 1. The van der Waals surface area contributed by atoms with Crippen LogP contribution < -0.4 is 5.32 Å². The quantitative estimate of drug-likeness (QED) is 0.795. The van der Waals surface area contributed by atoms with Crippen LogP contribution in [0.25, 0.3) is 5.69 Å². The number of aryl methyl sites for hydroxylation is 2. The van der Waals surface area contributed by atoms with Gasteiger partial charge in [-0.1, -0.05) is 12.1 Å². The van der Waals surface area contributed by atoms with E-state index >= 15 is 0 Å². The van der Waals surface area contributed by atoms with Crippen LogP contribution in [-0.2, 0) is 27.4 Å². The van der Waals surface area contributed by atoms with Crippen LogP contribution in [0.2, 0.25) is 0 Å². The Labute approximate surface area is 166 Å². The van der Waals surface area contributed by atoms with E-state index < -0.39 is 33.4 Å². The summed E-state index contributed by atoms with van der Waals surface area (Å²) < 4.78 is 64.9. The molecule has 0 saturated heterocycles. The van der Waals surface area contributed by atoms with E-state index in [0.29, 0.717) is 11.4 Å². The molecular weight excluding hydrogens is 407 g/mol. The third-order valence-corrected chi connectivity index (χ3v) is 6.05. The lowest BCUT2D eigenvalue weighted by atomic mass is 10.0. The number of sulfone groups is 1. The molecule has 0 aliphatic carbocycles. The highest BCUT2D eigenvalue weighted by Gasteiger charge is 2.34. The SMILES string of the molecule is Cc1cc(C)n(-c2ccc(CNC(=O)CC3C=CS(=O)(=O)C3)c(C(F)(F)F)c2)n1. The molecule has 2 heterocycles. The fourth-order valence-corrected chi connectivity index (χ4v) is 4.67. The highest BCUT2D eigenvalue weighted by Crippen LogP contribution is 2.33. The zero-order chi connectivity index (χ0) is 21.4. The summed E-state index contributed by atoms with van der Waals surface area (Å²) >= 11 is 0. The molecule has 29 heavy (non-hydrogen) atoms. The maximum atomic E-state index is 13.6. The third kappa shape index (κ3) is 5.06. The number of halogens is 3. The summed E-state index contributed by atoms with van der Waals surface area (Å²) in [5.74, 6) is -1.13. The number of carbonyl (C=O) groups excluding carboxylic acids is 1. The zero-order valence-electron chi connectivity index (χ0n) is 15.8. The molecule has 1 aromatic carbocycles. The minimum absolute atomic E-state index is 0.0780. The lowest BCUT2D eigenvalue weighted by Crippen LogP contribution is -2.27. The van der Waals surface area contributed by atoms with Gasteiger partial charge in [0.1, 0.15) is 0 Å². The Kier molecular flexibility index (Phi) is 5.57. The summed E-state index contributed by atoms with van der Waals surface area (Å²) in [5.41, 5.74) is 0.739. The average Bonchev–Trinajstić information content (AvgIpc) is 3.12. The molecule has 10 heteroatoms. The molecule has 1 aliphatic heterocycles. The minimum atomic E-state index is -4.60. The number of nitrogens with one attached hydrogen (secondary N) is 1. The van der Waals surface area contributed by atoms with Crippen molar-refractivity contribution in [2.75, 3.05) is 5.75 Å². The second-order valence-corrected chi connectivity index (χ2v) is 9.01. The first-order chi connectivity index (χ1) is 13.4. The summed E-state index contributed by atoms with van der Waals surface area (Å²) in [7, 11) is -3.28. The van der Waals surface area contributed by atoms with E-state index in [9.17, 15) is 26.4 Å². The van der Waals surface area contributed by atoms with E-state index in [-0.39, 0.29) is 30.0 Å². The second-order valence-electron chi connectivity index (χ2n) is 7.08. The van der Waals surface area contributed by atoms with Gasteiger partial charge in [0.25, 0.3) is 0 Å². The summed E-state index contributed by atoms with van der Waals surface area (Å²) in [5, 5.41) is 7.71. The standard InChI is InChI=1S/C19H20F3N3O3S/c1-12-7-13(2)25(24-12)16-4-3-15(17(9-16)19(20,21)22)10-23-18(26)8-14-5-6-29(27,28)11-14/h3-7,9,14H,8,10-11H2,1-2H3,(H,23,26). The second kappa shape index (κ2) is 7.66. The molecule has 1 atom stereocenters. The summed E-state index contributed by atoms with van der Waals surface area (Å²) in [4.78, 5) is 12.0. The van der Waals surface area contributed by atoms with Crippen LogP contribution in [0.4, 0.5) is 13.2 Å². The van der Waals surface area contributed by atoms with Gasteiger partial charge in [-0.3, -0.25) is 4.79 Å². The lowest BCUT2D eigenvalue weighted by Gasteiger charge is -2.16. The molecule has 1 aliphatic rings. The van der Waals surface area contributed by atoms with Gasteiger partial charge in [0.15, 0.2) is 9.84 Å².